The highest BCUT2D eigenvalue weighted by Crippen LogP contribution is 2.20. The summed E-state index contributed by atoms with van der Waals surface area (Å²) < 4.78 is 17.1. The van der Waals surface area contributed by atoms with Gasteiger partial charge in [0.05, 0.1) is 21.3 Å². The molecule has 144 valence electrons. The Balaban J connectivity index is 1.94. The number of hydrogen-bond donors (Lipinski definition) is 1. The van der Waals surface area contributed by atoms with Crippen LogP contribution in [0.15, 0.2) is 53.4 Å². The van der Waals surface area contributed by atoms with Gasteiger partial charge in [-0.3, -0.25) is 9.00 Å². The molecule has 6 heteroatoms. The third-order valence-electron chi connectivity index (χ3n) is 4.32. The van der Waals surface area contributed by atoms with E-state index < -0.39 is 29.3 Å². The fourth-order valence-electron chi connectivity index (χ4n) is 2.53. The number of esters is 1. The summed E-state index contributed by atoms with van der Waals surface area (Å²) in [6, 6.07) is 14.2. The van der Waals surface area contributed by atoms with Crippen molar-refractivity contribution < 1.29 is 18.5 Å². The van der Waals surface area contributed by atoms with Gasteiger partial charge in [-0.2, -0.15) is 0 Å². The zero-order chi connectivity index (χ0) is 19.8. The van der Waals surface area contributed by atoms with Gasteiger partial charge in [-0.15, -0.1) is 0 Å². The standard InChI is InChI=1S/C21H25NO4S/c1-4-15(3)16-10-12-17(13-11-16)22-20(23)14-26-21(24)18-8-6-7-9-19(18)27(25)5-2/h6-13,15H,4-5,14H2,1-3H3,(H,22,23)/t15-,27+/m0/s1. The van der Waals surface area contributed by atoms with E-state index in [1.807, 2.05) is 24.3 Å². The predicted molar refractivity (Wildman–Crippen MR) is 107 cm³/mol. The van der Waals surface area contributed by atoms with Crippen LogP contribution in [0, 0.1) is 0 Å². The van der Waals surface area contributed by atoms with Crippen molar-refractivity contribution in [1.29, 1.82) is 0 Å². The monoisotopic (exact) mass is 387 g/mol. The first-order chi connectivity index (χ1) is 13.0. The summed E-state index contributed by atoms with van der Waals surface area (Å²) in [5, 5.41) is 2.71. The highest BCUT2D eigenvalue weighted by Gasteiger charge is 2.17. The SMILES string of the molecule is CC[C@H](C)c1ccc(NC(=O)COC(=O)c2ccccc2[S@](=O)CC)cc1. The molecule has 0 unspecified atom stereocenters. The molecule has 2 atom stereocenters. The van der Waals surface area contributed by atoms with Gasteiger partial charge in [0.25, 0.3) is 5.91 Å². The Morgan fingerprint density at radius 3 is 2.37 bits per heavy atom. The lowest BCUT2D eigenvalue weighted by atomic mass is 9.99. The van der Waals surface area contributed by atoms with Crippen LogP contribution in [-0.4, -0.2) is 28.4 Å². The number of anilines is 1. The molecular formula is C21H25NO4S. The second kappa shape index (κ2) is 10.0. The quantitative estimate of drug-likeness (QED) is 0.692. The number of benzene rings is 2. The molecule has 0 radical (unpaired) electrons. The van der Waals surface area contributed by atoms with Gasteiger partial charge in [0, 0.05) is 11.4 Å². The molecule has 2 aromatic carbocycles. The van der Waals surface area contributed by atoms with Crippen LogP contribution >= 0.6 is 0 Å². The molecule has 1 N–H and O–H groups in total. The van der Waals surface area contributed by atoms with E-state index in [1.165, 1.54) is 5.56 Å². The minimum absolute atomic E-state index is 0.225. The Morgan fingerprint density at radius 2 is 1.74 bits per heavy atom. The highest BCUT2D eigenvalue weighted by molar-refractivity contribution is 7.85. The number of rotatable bonds is 8. The van der Waals surface area contributed by atoms with Crippen LogP contribution in [0.2, 0.25) is 0 Å². The average Bonchev–Trinajstić information content (AvgIpc) is 2.71. The van der Waals surface area contributed by atoms with Gasteiger partial charge in [-0.05, 0) is 42.2 Å². The second-order valence-electron chi connectivity index (χ2n) is 6.19. The van der Waals surface area contributed by atoms with E-state index in [9.17, 15) is 13.8 Å². The van der Waals surface area contributed by atoms with E-state index in [1.54, 1.807) is 31.2 Å². The van der Waals surface area contributed by atoms with Gasteiger partial charge in [0.2, 0.25) is 0 Å². The number of carbonyl (C=O) groups excluding carboxylic acids is 2. The fourth-order valence-corrected chi connectivity index (χ4v) is 3.46. The largest absolute Gasteiger partial charge is 0.452 e. The van der Waals surface area contributed by atoms with Gasteiger partial charge in [0.15, 0.2) is 6.61 Å². The molecule has 0 aliphatic heterocycles. The number of hydrogen-bond acceptors (Lipinski definition) is 4. The highest BCUT2D eigenvalue weighted by atomic mass is 32.2. The van der Waals surface area contributed by atoms with Crippen LogP contribution in [-0.2, 0) is 20.3 Å². The number of ether oxygens (including phenoxy) is 1. The average molecular weight is 388 g/mol. The smallest absolute Gasteiger partial charge is 0.339 e. The molecule has 0 bridgehead atoms. The van der Waals surface area contributed by atoms with Crippen molar-refractivity contribution in [3.8, 4) is 0 Å². The number of amides is 1. The third-order valence-corrected chi connectivity index (χ3v) is 5.70. The van der Waals surface area contributed by atoms with Crippen LogP contribution in [0.25, 0.3) is 0 Å². The van der Waals surface area contributed by atoms with Crippen molar-refractivity contribution >= 4 is 28.4 Å². The van der Waals surface area contributed by atoms with Crippen molar-refractivity contribution in [2.75, 3.05) is 17.7 Å². The minimum atomic E-state index is -1.28. The lowest BCUT2D eigenvalue weighted by Crippen LogP contribution is -2.21. The van der Waals surface area contributed by atoms with E-state index in [0.29, 0.717) is 22.3 Å². The minimum Gasteiger partial charge on any atom is -0.452 e. The fraction of sp³-hybridized carbons (Fsp3) is 0.333. The molecule has 0 spiro atoms. The predicted octanol–water partition coefficient (Wildman–Crippen LogP) is 4.12. The molecule has 2 rings (SSSR count). The summed E-state index contributed by atoms with van der Waals surface area (Å²) >= 11 is 0. The molecule has 0 aliphatic carbocycles. The van der Waals surface area contributed by atoms with E-state index in [4.69, 9.17) is 4.74 Å². The first-order valence-electron chi connectivity index (χ1n) is 9.00. The molecule has 0 saturated heterocycles. The van der Waals surface area contributed by atoms with E-state index in [-0.39, 0.29) is 5.56 Å². The maximum absolute atomic E-state index is 12.3. The van der Waals surface area contributed by atoms with Crippen molar-refractivity contribution in [2.24, 2.45) is 0 Å². The van der Waals surface area contributed by atoms with Crippen molar-refractivity contribution in [3.05, 3.63) is 59.7 Å². The summed E-state index contributed by atoms with van der Waals surface area (Å²) in [7, 11) is -1.28. The second-order valence-corrected chi connectivity index (χ2v) is 7.89. The molecule has 0 fully saturated rings. The van der Waals surface area contributed by atoms with Gasteiger partial charge < -0.3 is 10.1 Å². The van der Waals surface area contributed by atoms with Crippen molar-refractivity contribution in [1.82, 2.24) is 0 Å². The van der Waals surface area contributed by atoms with Gasteiger partial charge in [0.1, 0.15) is 0 Å². The van der Waals surface area contributed by atoms with Crippen LogP contribution in [0.4, 0.5) is 5.69 Å². The summed E-state index contributed by atoms with van der Waals surface area (Å²) in [5.74, 6) is -0.218. The van der Waals surface area contributed by atoms with Gasteiger partial charge in [-0.1, -0.05) is 45.0 Å². The molecule has 0 aliphatic rings. The van der Waals surface area contributed by atoms with Crippen LogP contribution < -0.4 is 5.32 Å². The summed E-state index contributed by atoms with van der Waals surface area (Å²) in [4.78, 5) is 24.7. The molecule has 0 saturated carbocycles. The molecule has 0 aromatic heterocycles. The Bertz CT molecular complexity index is 817. The zero-order valence-corrected chi connectivity index (χ0v) is 16.7. The van der Waals surface area contributed by atoms with Gasteiger partial charge in [-0.25, -0.2) is 4.79 Å². The Morgan fingerprint density at radius 1 is 1.07 bits per heavy atom. The van der Waals surface area contributed by atoms with Crippen LogP contribution in [0.1, 0.15) is 49.0 Å². The summed E-state index contributed by atoms with van der Waals surface area (Å²) in [6.07, 6.45) is 1.05. The normalized spacial score (nSPS) is 12.9. The number of nitrogens with one attached hydrogen (secondary N) is 1. The zero-order valence-electron chi connectivity index (χ0n) is 15.9. The lowest BCUT2D eigenvalue weighted by Gasteiger charge is -2.11. The summed E-state index contributed by atoms with van der Waals surface area (Å²) in [5.41, 5.74) is 2.08. The van der Waals surface area contributed by atoms with Crippen LogP contribution in [0.3, 0.4) is 0 Å². The molecule has 27 heavy (non-hydrogen) atoms. The van der Waals surface area contributed by atoms with E-state index in [0.717, 1.165) is 6.42 Å². The Hall–Kier alpha value is -2.47. The van der Waals surface area contributed by atoms with Crippen molar-refractivity contribution in [2.45, 2.75) is 38.0 Å². The molecule has 1 amide bonds. The molecule has 5 nitrogen and oxygen atoms in total. The van der Waals surface area contributed by atoms with E-state index in [2.05, 4.69) is 19.2 Å². The van der Waals surface area contributed by atoms with Gasteiger partial charge >= 0.3 is 5.97 Å². The Kier molecular flexibility index (Phi) is 7.73. The lowest BCUT2D eigenvalue weighted by molar-refractivity contribution is -0.119. The first-order valence-corrected chi connectivity index (χ1v) is 10.3. The molecular weight excluding hydrogens is 362 g/mol. The summed E-state index contributed by atoms with van der Waals surface area (Å²) in [6.45, 7) is 5.65. The molecule has 0 heterocycles. The van der Waals surface area contributed by atoms with E-state index >= 15 is 0 Å². The maximum Gasteiger partial charge on any atom is 0.339 e. The van der Waals surface area contributed by atoms with Crippen molar-refractivity contribution in [3.63, 3.8) is 0 Å². The third kappa shape index (κ3) is 5.76. The first kappa shape index (κ1) is 20.8. The Labute approximate surface area is 162 Å². The topological polar surface area (TPSA) is 72.5 Å². The number of carbonyl (C=O) groups is 2. The molecule has 2 aromatic rings. The van der Waals surface area contributed by atoms with Crippen LogP contribution in [0.5, 0.6) is 0 Å². The maximum atomic E-state index is 12.3.